The molecule has 7 heteroatoms. The molecule has 0 saturated carbocycles. The zero-order valence-corrected chi connectivity index (χ0v) is 12.8. The highest BCUT2D eigenvalue weighted by Crippen LogP contribution is 2.25. The van der Waals surface area contributed by atoms with Crippen molar-refractivity contribution in [2.24, 2.45) is 0 Å². The third-order valence-electron chi connectivity index (χ3n) is 3.51. The molecule has 0 saturated heterocycles. The van der Waals surface area contributed by atoms with E-state index in [-0.39, 0.29) is 16.9 Å². The molecule has 0 fully saturated rings. The molecule has 2 N–H and O–H groups in total. The molecule has 118 valence electrons. The molecular formula is C17H13N5O2. The van der Waals surface area contributed by atoms with Gasteiger partial charge in [-0.05, 0) is 30.3 Å². The number of nitriles is 1. The average molecular weight is 319 g/mol. The lowest BCUT2D eigenvalue weighted by molar-refractivity contribution is 0.0593. The number of hydrogen-bond donors (Lipinski definition) is 1. The molecule has 24 heavy (non-hydrogen) atoms. The third kappa shape index (κ3) is 2.57. The van der Waals surface area contributed by atoms with Crippen molar-refractivity contribution in [2.75, 3.05) is 12.8 Å². The van der Waals surface area contributed by atoms with Crippen LogP contribution >= 0.6 is 0 Å². The number of benzene rings is 1. The number of aromatic nitrogens is 3. The van der Waals surface area contributed by atoms with E-state index in [1.165, 1.54) is 17.9 Å². The second kappa shape index (κ2) is 6.22. The van der Waals surface area contributed by atoms with E-state index in [0.29, 0.717) is 11.5 Å². The maximum Gasteiger partial charge on any atom is 0.357 e. The Labute approximate surface area is 138 Å². The first-order valence-electron chi connectivity index (χ1n) is 7.02. The Kier molecular flexibility index (Phi) is 3.95. The molecule has 0 bridgehead atoms. The van der Waals surface area contributed by atoms with Crippen LogP contribution in [0.3, 0.4) is 0 Å². The molecule has 0 amide bonds. The monoisotopic (exact) mass is 319 g/mol. The number of nitrogens with two attached hydrogens (primary N) is 1. The fourth-order valence-electron chi connectivity index (χ4n) is 2.34. The van der Waals surface area contributed by atoms with Crippen molar-refractivity contribution in [1.82, 2.24) is 14.5 Å². The Hall–Kier alpha value is -3.66. The van der Waals surface area contributed by atoms with Crippen LogP contribution in [-0.2, 0) is 4.74 Å². The van der Waals surface area contributed by atoms with Gasteiger partial charge in [0.2, 0.25) is 0 Å². The molecule has 0 aliphatic carbocycles. The number of hydrogen-bond acceptors (Lipinski definition) is 6. The standard InChI is InChI=1S/C17H13N5O2/c1-24-17(23)15-14(19)12(9-18)10-22(15)13-5-3-11(4-6-13)16-20-7-2-8-21-16/h2-8,10H,19H2,1H3. The van der Waals surface area contributed by atoms with Gasteiger partial charge in [0, 0.05) is 29.8 Å². The summed E-state index contributed by atoms with van der Waals surface area (Å²) in [4.78, 5) is 20.4. The Morgan fingerprint density at radius 3 is 2.50 bits per heavy atom. The molecule has 7 nitrogen and oxygen atoms in total. The van der Waals surface area contributed by atoms with E-state index >= 15 is 0 Å². The van der Waals surface area contributed by atoms with Crippen molar-refractivity contribution in [2.45, 2.75) is 0 Å². The zero-order chi connectivity index (χ0) is 17.1. The van der Waals surface area contributed by atoms with Gasteiger partial charge in [0.15, 0.2) is 11.5 Å². The summed E-state index contributed by atoms with van der Waals surface area (Å²) in [5, 5.41) is 9.14. The van der Waals surface area contributed by atoms with E-state index in [2.05, 4.69) is 9.97 Å². The minimum Gasteiger partial charge on any atom is -0.464 e. The summed E-state index contributed by atoms with van der Waals surface area (Å²) in [6, 6.07) is 10.9. The number of nitrogens with zero attached hydrogens (tertiary/aromatic N) is 4. The number of carbonyl (C=O) groups is 1. The van der Waals surface area contributed by atoms with Gasteiger partial charge in [0.25, 0.3) is 0 Å². The molecule has 2 heterocycles. The Morgan fingerprint density at radius 1 is 1.25 bits per heavy atom. The van der Waals surface area contributed by atoms with Gasteiger partial charge in [-0.15, -0.1) is 0 Å². The van der Waals surface area contributed by atoms with Crippen LogP contribution in [0.4, 0.5) is 5.69 Å². The van der Waals surface area contributed by atoms with E-state index < -0.39 is 5.97 Å². The molecular weight excluding hydrogens is 306 g/mol. The largest absolute Gasteiger partial charge is 0.464 e. The first kappa shape index (κ1) is 15.2. The van der Waals surface area contributed by atoms with Crippen LogP contribution in [0.25, 0.3) is 17.1 Å². The molecule has 2 aromatic heterocycles. The lowest BCUT2D eigenvalue weighted by atomic mass is 10.2. The highest BCUT2D eigenvalue weighted by atomic mass is 16.5. The van der Waals surface area contributed by atoms with E-state index in [0.717, 1.165) is 5.56 Å². The summed E-state index contributed by atoms with van der Waals surface area (Å²) in [6.45, 7) is 0. The topological polar surface area (TPSA) is 107 Å². The summed E-state index contributed by atoms with van der Waals surface area (Å²) >= 11 is 0. The first-order chi connectivity index (χ1) is 11.7. The Morgan fingerprint density at radius 2 is 1.92 bits per heavy atom. The summed E-state index contributed by atoms with van der Waals surface area (Å²) in [5.41, 5.74) is 7.82. The maximum absolute atomic E-state index is 12.0. The number of esters is 1. The fraction of sp³-hybridized carbons (Fsp3) is 0.0588. The van der Waals surface area contributed by atoms with Gasteiger partial charge in [-0.25, -0.2) is 14.8 Å². The number of ether oxygens (including phenoxy) is 1. The van der Waals surface area contributed by atoms with Crippen LogP contribution in [0.1, 0.15) is 16.1 Å². The average Bonchev–Trinajstić information content (AvgIpc) is 2.98. The number of anilines is 1. The zero-order valence-electron chi connectivity index (χ0n) is 12.8. The van der Waals surface area contributed by atoms with Gasteiger partial charge < -0.3 is 15.0 Å². The smallest absolute Gasteiger partial charge is 0.357 e. The number of nitrogen functional groups attached to an aromatic ring is 1. The molecule has 0 unspecified atom stereocenters. The summed E-state index contributed by atoms with van der Waals surface area (Å²) in [5.74, 6) is -0.00792. The predicted molar refractivity (Wildman–Crippen MR) is 87.3 cm³/mol. The predicted octanol–water partition coefficient (Wildman–Crippen LogP) is 2.17. The van der Waals surface area contributed by atoms with Crippen molar-refractivity contribution >= 4 is 11.7 Å². The van der Waals surface area contributed by atoms with Crippen molar-refractivity contribution < 1.29 is 9.53 Å². The quantitative estimate of drug-likeness (QED) is 0.741. The molecule has 0 aliphatic heterocycles. The van der Waals surface area contributed by atoms with Crippen LogP contribution in [0.15, 0.2) is 48.9 Å². The van der Waals surface area contributed by atoms with Crippen molar-refractivity contribution in [3.05, 3.63) is 60.2 Å². The normalized spacial score (nSPS) is 10.2. The second-order valence-corrected chi connectivity index (χ2v) is 4.90. The minimum absolute atomic E-state index is 0.0971. The van der Waals surface area contributed by atoms with Gasteiger partial charge in [0.1, 0.15) is 6.07 Å². The van der Waals surface area contributed by atoms with Gasteiger partial charge in [-0.1, -0.05) is 0 Å². The second-order valence-electron chi connectivity index (χ2n) is 4.90. The molecule has 0 radical (unpaired) electrons. The first-order valence-corrected chi connectivity index (χ1v) is 7.02. The number of carbonyl (C=O) groups excluding carboxylic acids is 1. The molecule has 0 aliphatic rings. The molecule has 3 aromatic rings. The van der Waals surface area contributed by atoms with Crippen LogP contribution in [0.5, 0.6) is 0 Å². The third-order valence-corrected chi connectivity index (χ3v) is 3.51. The summed E-state index contributed by atoms with van der Waals surface area (Å²) < 4.78 is 6.30. The fourth-order valence-corrected chi connectivity index (χ4v) is 2.34. The Bertz CT molecular complexity index is 924. The summed E-state index contributed by atoms with van der Waals surface area (Å²) in [7, 11) is 1.26. The van der Waals surface area contributed by atoms with Crippen LogP contribution < -0.4 is 5.73 Å². The van der Waals surface area contributed by atoms with Crippen LogP contribution in [0.2, 0.25) is 0 Å². The summed E-state index contributed by atoms with van der Waals surface area (Å²) in [6.07, 6.45) is 4.84. The van der Waals surface area contributed by atoms with E-state index in [1.807, 2.05) is 18.2 Å². The van der Waals surface area contributed by atoms with Gasteiger partial charge in [0.05, 0.1) is 18.4 Å². The number of rotatable bonds is 3. The molecule has 0 spiro atoms. The van der Waals surface area contributed by atoms with Crippen LogP contribution in [0, 0.1) is 11.3 Å². The SMILES string of the molecule is COC(=O)c1c(N)c(C#N)cn1-c1ccc(-c2ncccn2)cc1. The number of methoxy groups -OCH3 is 1. The molecule has 1 aromatic carbocycles. The highest BCUT2D eigenvalue weighted by molar-refractivity contribution is 5.96. The van der Waals surface area contributed by atoms with E-state index in [4.69, 9.17) is 15.7 Å². The molecule has 0 atom stereocenters. The minimum atomic E-state index is -0.607. The van der Waals surface area contributed by atoms with Gasteiger partial charge in [-0.3, -0.25) is 0 Å². The molecule has 3 rings (SSSR count). The van der Waals surface area contributed by atoms with Gasteiger partial charge in [-0.2, -0.15) is 5.26 Å². The lowest BCUT2D eigenvalue weighted by Crippen LogP contribution is -2.11. The maximum atomic E-state index is 12.0. The van der Waals surface area contributed by atoms with Crippen molar-refractivity contribution in [3.8, 4) is 23.1 Å². The van der Waals surface area contributed by atoms with E-state index in [1.54, 1.807) is 30.6 Å². The Balaban J connectivity index is 2.07. The van der Waals surface area contributed by atoms with E-state index in [9.17, 15) is 4.79 Å². The van der Waals surface area contributed by atoms with Crippen LogP contribution in [-0.4, -0.2) is 27.6 Å². The van der Waals surface area contributed by atoms with Crippen molar-refractivity contribution in [3.63, 3.8) is 0 Å². The highest BCUT2D eigenvalue weighted by Gasteiger charge is 2.21. The van der Waals surface area contributed by atoms with Gasteiger partial charge >= 0.3 is 5.97 Å². The lowest BCUT2D eigenvalue weighted by Gasteiger charge is -2.09. The van der Waals surface area contributed by atoms with Crippen molar-refractivity contribution in [1.29, 1.82) is 5.26 Å².